The number of halogens is 1. The van der Waals surface area contributed by atoms with E-state index in [0.29, 0.717) is 13.2 Å². The van der Waals surface area contributed by atoms with E-state index < -0.39 is 0 Å². The van der Waals surface area contributed by atoms with Crippen LogP contribution in [0.3, 0.4) is 0 Å². The molecule has 152 valence electrons. The van der Waals surface area contributed by atoms with E-state index in [9.17, 15) is 0 Å². The number of aliphatic imine (C=N–C) groups is 1. The van der Waals surface area contributed by atoms with Crippen LogP contribution in [0.1, 0.15) is 11.1 Å². The van der Waals surface area contributed by atoms with Crippen LogP contribution >= 0.6 is 24.0 Å². The van der Waals surface area contributed by atoms with E-state index in [0.717, 1.165) is 36.9 Å². The number of anilines is 1. The first-order valence-corrected chi connectivity index (χ1v) is 9.29. The van der Waals surface area contributed by atoms with Crippen LogP contribution in [0.4, 0.5) is 5.69 Å². The number of methoxy groups -OCH3 is 1. The zero-order valence-corrected chi connectivity index (χ0v) is 18.7. The Balaban J connectivity index is 0.00000280. The molecule has 0 amide bonds. The Morgan fingerprint density at radius 2 is 1.93 bits per heavy atom. The maximum atomic E-state index is 5.96. The Bertz CT molecular complexity index is 727. The normalized spacial score (nSPS) is 15.2. The molecule has 1 aliphatic rings. The van der Waals surface area contributed by atoms with Crippen molar-refractivity contribution in [3.63, 3.8) is 0 Å². The van der Waals surface area contributed by atoms with Gasteiger partial charge in [-0.15, -0.1) is 24.0 Å². The number of fused-ring (bicyclic) bond motifs is 1. The lowest BCUT2D eigenvalue weighted by molar-refractivity contribution is 0.211. The van der Waals surface area contributed by atoms with Crippen molar-refractivity contribution in [3.05, 3.63) is 59.7 Å². The Kier molecular flexibility index (Phi) is 9.36. The number of hydrogen-bond donors (Lipinski definition) is 3. The molecule has 1 atom stereocenters. The summed E-state index contributed by atoms with van der Waals surface area (Å²) in [5, 5.41) is 10.0. The molecule has 0 spiro atoms. The number of rotatable bonds is 8. The SMILES string of the molecule is CN=C(NCc1ccc(NCCOC)cc1)NCC1Cc2ccccc2O1.I. The van der Waals surface area contributed by atoms with Gasteiger partial charge in [-0.1, -0.05) is 30.3 Å². The van der Waals surface area contributed by atoms with E-state index in [-0.39, 0.29) is 30.1 Å². The fourth-order valence-corrected chi connectivity index (χ4v) is 3.02. The van der Waals surface area contributed by atoms with Gasteiger partial charge in [0.05, 0.1) is 13.2 Å². The van der Waals surface area contributed by atoms with Crippen LogP contribution in [0.25, 0.3) is 0 Å². The average molecular weight is 496 g/mol. The third-order valence-corrected chi connectivity index (χ3v) is 4.48. The molecule has 0 saturated heterocycles. The van der Waals surface area contributed by atoms with Crippen LogP contribution in [-0.4, -0.2) is 45.9 Å². The number of benzene rings is 2. The second-order valence-electron chi connectivity index (χ2n) is 6.47. The molecular weight excluding hydrogens is 467 g/mol. The molecule has 0 saturated carbocycles. The third kappa shape index (κ3) is 6.56. The topological polar surface area (TPSA) is 66.9 Å². The largest absolute Gasteiger partial charge is 0.488 e. The molecule has 2 aromatic carbocycles. The summed E-state index contributed by atoms with van der Waals surface area (Å²) < 4.78 is 11.0. The van der Waals surface area contributed by atoms with Gasteiger partial charge in [-0.2, -0.15) is 0 Å². The summed E-state index contributed by atoms with van der Waals surface area (Å²) in [6, 6.07) is 16.6. The van der Waals surface area contributed by atoms with Crippen molar-refractivity contribution >= 4 is 35.6 Å². The zero-order valence-electron chi connectivity index (χ0n) is 16.4. The fraction of sp³-hybridized carbons (Fsp3) is 0.381. The molecule has 0 aliphatic carbocycles. The molecule has 3 N–H and O–H groups in total. The Morgan fingerprint density at radius 3 is 2.64 bits per heavy atom. The summed E-state index contributed by atoms with van der Waals surface area (Å²) >= 11 is 0. The van der Waals surface area contributed by atoms with Gasteiger partial charge in [-0.3, -0.25) is 4.99 Å². The zero-order chi connectivity index (χ0) is 18.9. The van der Waals surface area contributed by atoms with Crippen molar-refractivity contribution in [2.45, 2.75) is 19.1 Å². The highest BCUT2D eigenvalue weighted by atomic mass is 127. The second-order valence-corrected chi connectivity index (χ2v) is 6.47. The van der Waals surface area contributed by atoms with Crippen LogP contribution in [0.5, 0.6) is 5.75 Å². The molecule has 1 unspecified atom stereocenters. The van der Waals surface area contributed by atoms with Crippen molar-refractivity contribution in [3.8, 4) is 5.75 Å². The first-order valence-electron chi connectivity index (χ1n) is 9.29. The number of hydrogen-bond acceptors (Lipinski definition) is 4. The summed E-state index contributed by atoms with van der Waals surface area (Å²) in [4.78, 5) is 4.29. The first kappa shape index (κ1) is 22.3. The van der Waals surface area contributed by atoms with Crippen LogP contribution < -0.4 is 20.7 Å². The van der Waals surface area contributed by atoms with Crippen molar-refractivity contribution in [2.24, 2.45) is 4.99 Å². The molecule has 7 heteroatoms. The smallest absolute Gasteiger partial charge is 0.191 e. The van der Waals surface area contributed by atoms with Gasteiger partial charge in [0.2, 0.25) is 0 Å². The van der Waals surface area contributed by atoms with E-state index in [2.05, 4.69) is 57.3 Å². The number of ether oxygens (including phenoxy) is 2. The lowest BCUT2D eigenvalue weighted by Crippen LogP contribution is -2.41. The number of para-hydroxylation sites is 1. The lowest BCUT2D eigenvalue weighted by atomic mass is 10.1. The van der Waals surface area contributed by atoms with Gasteiger partial charge in [-0.25, -0.2) is 0 Å². The molecule has 28 heavy (non-hydrogen) atoms. The quantitative estimate of drug-likeness (QED) is 0.227. The second kappa shape index (κ2) is 11.8. The highest BCUT2D eigenvalue weighted by Gasteiger charge is 2.22. The van der Waals surface area contributed by atoms with Gasteiger partial charge in [0, 0.05) is 39.4 Å². The van der Waals surface area contributed by atoms with Gasteiger partial charge in [0.1, 0.15) is 11.9 Å². The van der Waals surface area contributed by atoms with E-state index >= 15 is 0 Å². The maximum Gasteiger partial charge on any atom is 0.191 e. The van der Waals surface area contributed by atoms with Crippen molar-refractivity contribution in [1.29, 1.82) is 0 Å². The van der Waals surface area contributed by atoms with Gasteiger partial charge in [-0.05, 0) is 29.3 Å². The molecule has 1 aliphatic heterocycles. The molecule has 0 fully saturated rings. The molecule has 6 nitrogen and oxygen atoms in total. The predicted molar refractivity (Wildman–Crippen MR) is 125 cm³/mol. The van der Waals surface area contributed by atoms with Crippen LogP contribution in [-0.2, 0) is 17.7 Å². The minimum atomic E-state index is 0. The minimum Gasteiger partial charge on any atom is -0.488 e. The summed E-state index contributed by atoms with van der Waals surface area (Å²) in [5.74, 6) is 1.77. The van der Waals surface area contributed by atoms with Gasteiger partial charge < -0.3 is 25.4 Å². The molecule has 2 aromatic rings. The Labute approximate surface area is 184 Å². The summed E-state index contributed by atoms with van der Waals surface area (Å²) in [7, 11) is 3.48. The summed E-state index contributed by atoms with van der Waals surface area (Å²) in [6.07, 6.45) is 1.07. The summed E-state index contributed by atoms with van der Waals surface area (Å²) in [5.41, 5.74) is 3.56. The first-order chi connectivity index (χ1) is 13.3. The molecule has 0 bridgehead atoms. The third-order valence-electron chi connectivity index (χ3n) is 4.48. The van der Waals surface area contributed by atoms with E-state index in [1.807, 2.05) is 12.1 Å². The monoisotopic (exact) mass is 496 g/mol. The van der Waals surface area contributed by atoms with Gasteiger partial charge in [0.25, 0.3) is 0 Å². The lowest BCUT2D eigenvalue weighted by Gasteiger charge is -2.16. The van der Waals surface area contributed by atoms with Crippen LogP contribution in [0.15, 0.2) is 53.5 Å². The highest BCUT2D eigenvalue weighted by Crippen LogP contribution is 2.27. The van der Waals surface area contributed by atoms with Gasteiger partial charge >= 0.3 is 0 Å². The summed E-state index contributed by atoms with van der Waals surface area (Å²) in [6.45, 7) is 2.93. The van der Waals surface area contributed by atoms with Crippen LogP contribution in [0, 0.1) is 0 Å². The number of nitrogens with one attached hydrogen (secondary N) is 3. The molecule has 3 rings (SSSR count). The fourth-order valence-electron chi connectivity index (χ4n) is 3.02. The van der Waals surface area contributed by atoms with E-state index in [1.54, 1.807) is 14.2 Å². The van der Waals surface area contributed by atoms with Gasteiger partial charge in [0.15, 0.2) is 5.96 Å². The van der Waals surface area contributed by atoms with E-state index in [4.69, 9.17) is 9.47 Å². The highest BCUT2D eigenvalue weighted by molar-refractivity contribution is 14.0. The van der Waals surface area contributed by atoms with Crippen molar-refractivity contribution < 1.29 is 9.47 Å². The predicted octanol–water partition coefficient (Wildman–Crippen LogP) is 3.03. The van der Waals surface area contributed by atoms with E-state index in [1.165, 1.54) is 11.1 Å². The molecule has 0 radical (unpaired) electrons. The minimum absolute atomic E-state index is 0. The number of guanidine groups is 1. The molecule has 0 aromatic heterocycles. The Morgan fingerprint density at radius 1 is 1.14 bits per heavy atom. The average Bonchev–Trinajstić information content (AvgIpc) is 3.12. The standard InChI is InChI=1S/C21H28N4O2.HI/c1-22-21(25-15-19-13-17-5-3-4-6-20(17)27-19)24-14-16-7-9-18(10-8-16)23-11-12-26-2;/h3-10,19,23H,11-15H2,1-2H3,(H2,22,24,25);1H. The Hall–Kier alpha value is -2.00. The molecule has 1 heterocycles. The van der Waals surface area contributed by atoms with Crippen molar-refractivity contribution in [2.75, 3.05) is 39.2 Å². The van der Waals surface area contributed by atoms with Crippen molar-refractivity contribution in [1.82, 2.24) is 10.6 Å². The maximum absolute atomic E-state index is 5.96. The van der Waals surface area contributed by atoms with Crippen LogP contribution in [0.2, 0.25) is 0 Å². The number of nitrogens with zero attached hydrogens (tertiary/aromatic N) is 1. The molecular formula is C21H29IN4O2.